The molecule has 1 aliphatic carbocycles. The van der Waals surface area contributed by atoms with Crippen LogP contribution in [0.4, 0.5) is 0 Å². The molecule has 15 heavy (non-hydrogen) atoms. The van der Waals surface area contributed by atoms with Crippen LogP contribution in [0.3, 0.4) is 0 Å². The minimum atomic E-state index is -0.235. The van der Waals surface area contributed by atoms with Crippen LogP contribution in [0.25, 0.3) is 0 Å². The largest absolute Gasteiger partial charge is 0.349 e. The maximum absolute atomic E-state index is 6.16. The molecule has 1 aliphatic heterocycles. The molecule has 0 aromatic carbocycles. The Kier molecular flexibility index (Phi) is 2.85. The van der Waals surface area contributed by atoms with Crippen LogP contribution < -0.4 is 0 Å². The van der Waals surface area contributed by atoms with E-state index >= 15 is 0 Å². The molecule has 2 aliphatic rings. The Morgan fingerprint density at radius 2 is 1.67 bits per heavy atom. The van der Waals surface area contributed by atoms with Gasteiger partial charge in [-0.2, -0.15) is 0 Å². The first-order valence-corrected chi connectivity index (χ1v) is 6.25. The summed E-state index contributed by atoms with van der Waals surface area (Å²) >= 11 is 0. The second-order valence-electron chi connectivity index (χ2n) is 6.13. The van der Waals surface area contributed by atoms with Crippen molar-refractivity contribution in [2.24, 2.45) is 11.3 Å². The Morgan fingerprint density at radius 3 is 2.20 bits per heavy atom. The quantitative estimate of drug-likeness (QED) is 0.613. The smallest absolute Gasteiger partial charge is 0.168 e. The zero-order chi connectivity index (χ0) is 11.1. The molecule has 0 radical (unpaired) electrons. The maximum atomic E-state index is 6.16. The van der Waals surface area contributed by atoms with Gasteiger partial charge in [0.25, 0.3) is 0 Å². The highest BCUT2D eigenvalue weighted by Crippen LogP contribution is 2.43. The fourth-order valence-corrected chi connectivity index (χ4v) is 2.41. The molecule has 88 valence electrons. The molecule has 2 fully saturated rings. The molecular weight excluding hydrogens is 188 g/mol. The van der Waals surface area contributed by atoms with Crippen molar-refractivity contribution < 1.29 is 9.47 Å². The molecule has 2 rings (SSSR count). The van der Waals surface area contributed by atoms with Gasteiger partial charge in [-0.3, -0.25) is 0 Å². The first-order valence-electron chi connectivity index (χ1n) is 6.25. The average molecular weight is 212 g/mol. The Labute approximate surface area is 93.3 Å². The summed E-state index contributed by atoms with van der Waals surface area (Å²) in [5.74, 6) is 0.606. The standard InChI is InChI=1S/C13H24O2/c1-10-5-7-13(8-6-10)14-9-12(3,4)11(2)15-13/h10-11H,5-9H2,1-4H3/t10?,11-,13?/m0/s1. The summed E-state index contributed by atoms with van der Waals surface area (Å²) in [6.45, 7) is 9.78. The Balaban J connectivity index is 2.01. The molecule has 2 heteroatoms. The number of rotatable bonds is 0. The third-order valence-electron chi connectivity index (χ3n) is 4.24. The van der Waals surface area contributed by atoms with Gasteiger partial charge in [0.1, 0.15) is 0 Å². The lowest BCUT2D eigenvalue weighted by atomic mass is 9.82. The zero-order valence-corrected chi connectivity index (χ0v) is 10.5. The fraction of sp³-hybridized carbons (Fsp3) is 1.00. The van der Waals surface area contributed by atoms with Gasteiger partial charge in [-0.1, -0.05) is 20.8 Å². The molecule has 0 N–H and O–H groups in total. The molecule has 1 saturated heterocycles. The van der Waals surface area contributed by atoms with Crippen molar-refractivity contribution in [3.05, 3.63) is 0 Å². The van der Waals surface area contributed by atoms with Gasteiger partial charge in [0.2, 0.25) is 0 Å². The summed E-state index contributed by atoms with van der Waals surface area (Å²) in [4.78, 5) is 0. The van der Waals surface area contributed by atoms with E-state index in [-0.39, 0.29) is 11.2 Å². The van der Waals surface area contributed by atoms with Crippen molar-refractivity contribution >= 4 is 0 Å². The van der Waals surface area contributed by atoms with Crippen LogP contribution in [0.15, 0.2) is 0 Å². The zero-order valence-electron chi connectivity index (χ0n) is 10.5. The number of hydrogen-bond donors (Lipinski definition) is 0. The first kappa shape index (κ1) is 11.4. The highest BCUT2D eigenvalue weighted by molar-refractivity contribution is 4.88. The van der Waals surface area contributed by atoms with Crippen LogP contribution in [0.1, 0.15) is 53.4 Å². The van der Waals surface area contributed by atoms with Gasteiger partial charge in [0.05, 0.1) is 12.7 Å². The van der Waals surface area contributed by atoms with Crippen molar-refractivity contribution in [2.75, 3.05) is 6.61 Å². The molecule has 0 aromatic rings. The van der Waals surface area contributed by atoms with Gasteiger partial charge in [0.15, 0.2) is 5.79 Å². The third-order valence-corrected chi connectivity index (χ3v) is 4.24. The lowest BCUT2D eigenvalue weighted by Crippen LogP contribution is -2.53. The molecule has 1 spiro atoms. The van der Waals surface area contributed by atoms with Crippen LogP contribution >= 0.6 is 0 Å². The fourth-order valence-electron chi connectivity index (χ4n) is 2.41. The second-order valence-corrected chi connectivity index (χ2v) is 6.13. The molecule has 0 amide bonds. The third kappa shape index (κ3) is 2.21. The van der Waals surface area contributed by atoms with Gasteiger partial charge in [-0.05, 0) is 25.7 Å². The van der Waals surface area contributed by atoms with E-state index < -0.39 is 0 Å². The summed E-state index contributed by atoms with van der Waals surface area (Å²) < 4.78 is 12.2. The summed E-state index contributed by atoms with van der Waals surface area (Å²) in [7, 11) is 0. The molecule has 2 nitrogen and oxygen atoms in total. The molecule has 0 bridgehead atoms. The minimum Gasteiger partial charge on any atom is -0.349 e. The monoisotopic (exact) mass is 212 g/mol. The highest BCUT2D eigenvalue weighted by atomic mass is 16.7. The molecule has 1 saturated carbocycles. The van der Waals surface area contributed by atoms with Crippen molar-refractivity contribution in [2.45, 2.75) is 65.3 Å². The molecular formula is C13H24O2. The number of hydrogen-bond acceptors (Lipinski definition) is 2. The maximum Gasteiger partial charge on any atom is 0.168 e. The van der Waals surface area contributed by atoms with Crippen molar-refractivity contribution in [1.29, 1.82) is 0 Å². The lowest BCUT2D eigenvalue weighted by molar-refractivity contribution is -0.337. The number of ether oxygens (including phenoxy) is 2. The predicted octanol–water partition coefficient (Wildman–Crippen LogP) is 3.35. The van der Waals surface area contributed by atoms with Crippen molar-refractivity contribution in [3.8, 4) is 0 Å². The molecule has 0 unspecified atom stereocenters. The van der Waals surface area contributed by atoms with Gasteiger partial charge in [0, 0.05) is 18.3 Å². The normalized spacial score (nSPS) is 45.6. The van der Waals surface area contributed by atoms with E-state index in [0.29, 0.717) is 6.10 Å². The van der Waals surface area contributed by atoms with E-state index in [9.17, 15) is 0 Å². The first-order chi connectivity index (χ1) is 6.94. The van der Waals surface area contributed by atoms with Crippen LogP contribution in [-0.4, -0.2) is 18.5 Å². The van der Waals surface area contributed by atoms with Crippen LogP contribution in [0.2, 0.25) is 0 Å². The average Bonchev–Trinajstić information content (AvgIpc) is 2.18. The van der Waals surface area contributed by atoms with Gasteiger partial charge in [-0.15, -0.1) is 0 Å². The Morgan fingerprint density at radius 1 is 1.07 bits per heavy atom. The van der Waals surface area contributed by atoms with Crippen molar-refractivity contribution in [1.82, 2.24) is 0 Å². The van der Waals surface area contributed by atoms with E-state index in [1.807, 2.05) is 0 Å². The molecule has 1 atom stereocenters. The summed E-state index contributed by atoms with van der Waals surface area (Å²) in [6.07, 6.45) is 4.95. The molecule has 1 heterocycles. The van der Waals surface area contributed by atoms with E-state index in [4.69, 9.17) is 9.47 Å². The van der Waals surface area contributed by atoms with Gasteiger partial charge >= 0.3 is 0 Å². The van der Waals surface area contributed by atoms with E-state index in [2.05, 4.69) is 27.7 Å². The van der Waals surface area contributed by atoms with E-state index in [0.717, 1.165) is 25.4 Å². The minimum absolute atomic E-state index is 0.161. The van der Waals surface area contributed by atoms with Crippen LogP contribution in [0, 0.1) is 11.3 Å². The summed E-state index contributed by atoms with van der Waals surface area (Å²) in [5.41, 5.74) is 0.161. The molecule has 0 aromatic heterocycles. The van der Waals surface area contributed by atoms with Crippen LogP contribution in [0.5, 0.6) is 0 Å². The van der Waals surface area contributed by atoms with Crippen LogP contribution in [-0.2, 0) is 9.47 Å². The lowest BCUT2D eigenvalue weighted by Gasteiger charge is -2.49. The topological polar surface area (TPSA) is 18.5 Å². The summed E-state index contributed by atoms with van der Waals surface area (Å²) in [5, 5.41) is 0. The Hall–Kier alpha value is -0.0800. The van der Waals surface area contributed by atoms with Crippen molar-refractivity contribution in [3.63, 3.8) is 0 Å². The van der Waals surface area contributed by atoms with E-state index in [1.165, 1.54) is 12.8 Å². The Bertz CT molecular complexity index is 227. The SMILES string of the molecule is CC1CCC2(CC1)OCC(C)(C)[C@H](C)O2. The second kappa shape index (κ2) is 3.74. The highest BCUT2D eigenvalue weighted by Gasteiger charge is 2.45. The van der Waals surface area contributed by atoms with E-state index in [1.54, 1.807) is 0 Å². The summed E-state index contributed by atoms with van der Waals surface area (Å²) in [6, 6.07) is 0. The predicted molar refractivity (Wildman–Crippen MR) is 60.6 cm³/mol. The van der Waals surface area contributed by atoms with Gasteiger partial charge < -0.3 is 9.47 Å². The van der Waals surface area contributed by atoms with Gasteiger partial charge in [-0.25, -0.2) is 0 Å².